The van der Waals surface area contributed by atoms with Gasteiger partial charge in [-0.1, -0.05) is 24.3 Å². The maximum absolute atomic E-state index is 10.8. The molecule has 0 fully saturated rings. The van der Waals surface area contributed by atoms with Gasteiger partial charge >= 0.3 is 7.60 Å². The lowest BCUT2D eigenvalue weighted by Crippen LogP contribution is -2.29. The van der Waals surface area contributed by atoms with Crippen LogP contribution in [0.3, 0.4) is 0 Å². The lowest BCUT2D eigenvalue weighted by atomic mass is 9.92. The first-order valence-electron chi connectivity index (χ1n) is 5.92. The van der Waals surface area contributed by atoms with Crippen LogP contribution in [0.5, 0.6) is 0 Å². The molecular formula is C12H18NO3P. The van der Waals surface area contributed by atoms with E-state index in [2.05, 4.69) is 17.4 Å². The predicted octanol–water partition coefficient (Wildman–Crippen LogP) is 1.83. The summed E-state index contributed by atoms with van der Waals surface area (Å²) in [5.74, 6) is 0. The number of fused-ring (bicyclic) bond motifs is 1. The topological polar surface area (TPSA) is 69.6 Å². The molecule has 1 unspecified atom stereocenters. The van der Waals surface area contributed by atoms with Crippen LogP contribution in [0.4, 0.5) is 0 Å². The van der Waals surface area contributed by atoms with Crippen LogP contribution >= 0.6 is 7.60 Å². The molecule has 1 heterocycles. The summed E-state index contributed by atoms with van der Waals surface area (Å²) in [5.41, 5.74) is 2.64. The summed E-state index contributed by atoms with van der Waals surface area (Å²) in [7, 11) is -3.85. The van der Waals surface area contributed by atoms with Crippen molar-refractivity contribution in [2.75, 3.05) is 12.7 Å². The SMILES string of the molecule is O=P(O)(O)CCCC1NCCc2ccccc21. The van der Waals surface area contributed by atoms with Gasteiger partial charge in [-0.25, -0.2) is 0 Å². The van der Waals surface area contributed by atoms with E-state index in [1.807, 2.05) is 12.1 Å². The third kappa shape index (κ3) is 3.65. The van der Waals surface area contributed by atoms with Crippen molar-refractivity contribution in [2.24, 2.45) is 0 Å². The molecule has 0 saturated heterocycles. The Bertz CT molecular complexity index is 430. The lowest BCUT2D eigenvalue weighted by molar-refractivity contribution is 0.368. The summed E-state index contributed by atoms with van der Waals surface area (Å²) in [4.78, 5) is 17.7. The van der Waals surface area contributed by atoms with E-state index in [1.54, 1.807) is 0 Å². The zero-order valence-corrected chi connectivity index (χ0v) is 10.6. The molecule has 17 heavy (non-hydrogen) atoms. The van der Waals surface area contributed by atoms with Crippen LogP contribution in [0.2, 0.25) is 0 Å². The third-order valence-corrected chi connectivity index (χ3v) is 4.06. The van der Waals surface area contributed by atoms with Gasteiger partial charge in [0.25, 0.3) is 0 Å². The molecule has 0 spiro atoms. The Balaban J connectivity index is 1.97. The summed E-state index contributed by atoms with van der Waals surface area (Å²) < 4.78 is 10.8. The van der Waals surface area contributed by atoms with E-state index in [0.29, 0.717) is 6.42 Å². The van der Waals surface area contributed by atoms with Gasteiger partial charge in [-0.2, -0.15) is 0 Å². The van der Waals surface area contributed by atoms with Crippen molar-refractivity contribution >= 4 is 7.60 Å². The number of rotatable bonds is 4. The van der Waals surface area contributed by atoms with Crippen LogP contribution in [0, 0.1) is 0 Å². The van der Waals surface area contributed by atoms with Crippen molar-refractivity contribution in [3.8, 4) is 0 Å². The quantitative estimate of drug-likeness (QED) is 0.718. The van der Waals surface area contributed by atoms with Gasteiger partial charge in [0.05, 0.1) is 0 Å². The fourth-order valence-electron chi connectivity index (χ4n) is 2.35. The van der Waals surface area contributed by atoms with Gasteiger partial charge in [0.2, 0.25) is 0 Å². The largest absolute Gasteiger partial charge is 0.325 e. The standard InChI is InChI=1S/C12H18NO3P/c14-17(15,16)9-3-6-12-11-5-2-1-4-10(11)7-8-13-12/h1-2,4-5,12-13H,3,6-9H2,(H2,14,15,16). The van der Waals surface area contributed by atoms with Gasteiger partial charge in [0.15, 0.2) is 0 Å². The molecule has 1 aliphatic heterocycles. The van der Waals surface area contributed by atoms with Crippen LogP contribution in [0.1, 0.15) is 30.0 Å². The Hall–Kier alpha value is -0.670. The number of hydrogen-bond acceptors (Lipinski definition) is 2. The van der Waals surface area contributed by atoms with Crippen LogP contribution in [0.25, 0.3) is 0 Å². The minimum atomic E-state index is -3.85. The molecule has 0 aliphatic carbocycles. The van der Waals surface area contributed by atoms with E-state index >= 15 is 0 Å². The van der Waals surface area contributed by atoms with Crippen molar-refractivity contribution in [2.45, 2.75) is 25.3 Å². The van der Waals surface area contributed by atoms with E-state index in [4.69, 9.17) is 9.79 Å². The van der Waals surface area contributed by atoms with Gasteiger partial charge < -0.3 is 15.1 Å². The zero-order valence-electron chi connectivity index (χ0n) is 9.67. The summed E-state index contributed by atoms with van der Waals surface area (Å²) in [6, 6.07) is 8.53. The molecule has 94 valence electrons. The maximum atomic E-state index is 10.8. The van der Waals surface area contributed by atoms with E-state index < -0.39 is 7.60 Å². The Morgan fingerprint density at radius 2 is 2.12 bits per heavy atom. The third-order valence-electron chi connectivity index (χ3n) is 3.16. The van der Waals surface area contributed by atoms with E-state index in [9.17, 15) is 4.57 Å². The second-order valence-corrected chi connectivity index (χ2v) is 6.26. The van der Waals surface area contributed by atoms with Crippen molar-refractivity contribution < 1.29 is 14.4 Å². The highest BCUT2D eigenvalue weighted by Gasteiger charge is 2.20. The number of nitrogens with one attached hydrogen (secondary N) is 1. The fraction of sp³-hybridized carbons (Fsp3) is 0.500. The van der Waals surface area contributed by atoms with Gasteiger partial charge in [0.1, 0.15) is 0 Å². The van der Waals surface area contributed by atoms with Crippen LogP contribution < -0.4 is 5.32 Å². The zero-order chi connectivity index (χ0) is 12.3. The first kappa shape index (κ1) is 12.8. The van der Waals surface area contributed by atoms with Crippen molar-refractivity contribution in [3.05, 3.63) is 35.4 Å². The first-order chi connectivity index (χ1) is 8.06. The second-order valence-electron chi connectivity index (χ2n) is 4.49. The summed E-state index contributed by atoms with van der Waals surface area (Å²) in [5, 5.41) is 3.41. The lowest BCUT2D eigenvalue weighted by Gasteiger charge is -2.27. The van der Waals surface area contributed by atoms with E-state index in [-0.39, 0.29) is 12.2 Å². The second kappa shape index (κ2) is 5.32. The molecule has 0 bridgehead atoms. The molecule has 0 amide bonds. The molecule has 2 rings (SSSR count). The molecule has 5 heteroatoms. The van der Waals surface area contributed by atoms with Gasteiger partial charge in [-0.3, -0.25) is 4.57 Å². The molecule has 1 atom stereocenters. The van der Waals surface area contributed by atoms with Gasteiger partial charge in [0, 0.05) is 12.2 Å². The van der Waals surface area contributed by atoms with Crippen molar-refractivity contribution in [1.29, 1.82) is 0 Å². The van der Waals surface area contributed by atoms with Crippen LogP contribution in [-0.2, 0) is 11.0 Å². The Morgan fingerprint density at radius 1 is 1.35 bits per heavy atom. The van der Waals surface area contributed by atoms with E-state index in [0.717, 1.165) is 19.4 Å². The fourth-order valence-corrected chi connectivity index (χ4v) is 2.95. The molecule has 1 aliphatic rings. The monoisotopic (exact) mass is 255 g/mol. The van der Waals surface area contributed by atoms with Gasteiger partial charge in [-0.05, 0) is 36.9 Å². The summed E-state index contributed by atoms with van der Waals surface area (Å²) in [6.45, 7) is 0.942. The molecule has 0 aromatic heterocycles. The highest BCUT2D eigenvalue weighted by molar-refractivity contribution is 7.51. The smallest absolute Gasteiger partial charge is 0.324 e. The molecule has 3 N–H and O–H groups in total. The maximum Gasteiger partial charge on any atom is 0.325 e. The van der Waals surface area contributed by atoms with Crippen LogP contribution in [-0.4, -0.2) is 22.5 Å². The molecule has 0 radical (unpaired) electrons. The number of benzene rings is 1. The predicted molar refractivity (Wildman–Crippen MR) is 67.0 cm³/mol. The van der Waals surface area contributed by atoms with E-state index in [1.165, 1.54) is 11.1 Å². The van der Waals surface area contributed by atoms with Crippen molar-refractivity contribution in [3.63, 3.8) is 0 Å². The van der Waals surface area contributed by atoms with Gasteiger partial charge in [-0.15, -0.1) is 0 Å². The summed E-state index contributed by atoms with van der Waals surface area (Å²) >= 11 is 0. The molecular weight excluding hydrogens is 237 g/mol. The highest BCUT2D eigenvalue weighted by atomic mass is 31.2. The molecule has 1 aromatic rings. The minimum Gasteiger partial charge on any atom is -0.324 e. The number of hydrogen-bond donors (Lipinski definition) is 3. The van der Waals surface area contributed by atoms with Crippen LogP contribution in [0.15, 0.2) is 24.3 Å². The first-order valence-corrected chi connectivity index (χ1v) is 7.72. The minimum absolute atomic E-state index is 0.0205. The average Bonchev–Trinajstić information content (AvgIpc) is 2.28. The molecule has 4 nitrogen and oxygen atoms in total. The molecule has 1 aromatic carbocycles. The average molecular weight is 255 g/mol. The normalized spacial score (nSPS) is 20.0. The molecule has 0 saturated carbocycles. The Morgan fingerprint density at radius 3 is 2.88 bits per heavy atom. The Labute approximate surface area is 101 Å². The highest BCUT2D eigenvalue weighted by Crippen LogP contribution is 2.37. The van der Waals surface area contributed by atoms with Crippen molar-refractivity contribution in [1.82, 2.24) is 5.32 Å². The Kier molecular flexibility index (Phi) is 4.00. The summed E-state index contributed by atoms with van der Waals surface area (Å²) in [6.07, 6.45) is 2.34.